The van der Waals surface area contributed by atoms with Crippen LogP contribution in [0.1, 0.15) is 0 Å². The standard InChI is InChI=1S/C8H12BrN5O/c9-5-6(10)12-8(11)13-7(5)14-1-3-15-4-2-14/h1-4H2,(H4,10,11,12,13). The van der Waals surface area contributed by atoms with Gasteiger partial charge in [0.15, 0.2) is 5.82 Å². The number of anilines is 3. The van der Waals surface area contributed by atoms with Crippen LogP contribution in [0.15, 0.2) is 4.47 Å². The number of aromatic nitrogens is 2. The normalized spacial score (nSPS) is 16.7. The molecule has 6 nitrogen and oxygen atoms in total. The molecule has 1 aliphatic heterocycles. The maximum Gasteiger partial charge on any atom is 0.224 e. The lowest BCUT2D eigenvalue weighted by atomic mass is 10.4. The number of rotatable bonds is 1. The van der Waals surface area contributed by atoms with Gasteiger partial charge in [-0.25, -0.2) is 0 Å². The molecule has 2 heterocycles. The minimum atomic E-state index is 0.192. The maximum atomic E-state index is 5.69. The number of hydrogen-bond acceptors (Lipinski definition) is 6. The fourth-order valence-electron chi connectivity index (χ4n) is 1.45. The van der Waals surface area contributed by atoms with Crippen molar-refractivity contribution in [1.82, 2.24) is 9.97 Å². The second kappa shape index (κ2) is 4.19. The second-order valence-corrected chi connectivity index (χ2v) is 4.00. The number of halogens is 1. The number of nitrogen functional groups attached to an aromatic ring is 2. The molecule has 4 N–H and O–H groups in total. The topological polar surface area (TPSA) is 90.3 Å². The summed E-state index contributed by atoms with van der Waals surface area (Å²) in [6, 6.07) is 0. The zero-order valence-electron chi connectivity index (χ0n) is 8.11. The van der Waals surface area contributed by atoms with E-state index in [2.05, 4.69) is 30.8 Å². The number of hydrogen-bond donors (Lipinski definition) is 2. The van der Waals surface area contributed by atoms with Gasteiger partial charge in [0, 0.05) is 13.1 Å². The fraction of sp³-hybridized carbons (Fsp3) is 0.500. The number of nitrogens with zero attached hydrogens (tertiary/aromatic N) is 3. The van der Waals surface area contributed by atoms with Crippen LogP contribution in [0.2, 0.25) is 0 Å². The first-order valence-corrected chi connectivity index (χ1v) is 5.39. The molecule has 0 spiro atoms. The fourth-order valence-corrected chi connectivity index (χ4v) is 1.88. The smallest absolute Gasteiger partial charge is 0.224 e. The largest absolute Gasteiger partial charge is 0.383 e. The van der Waals surface area contributed by atoms with Crippen molar-refractivity contribution in [3.8, 4) is 0 Å². The first-order chi connectivity index (χ1) is 7.18. The monoisotopic (exact) mass is 273 g/mol. The first-order valence-electron chi connectivity index (χ1n) is 4.59. The average molecular weight is 274 g/mol. The van der Waals surface area contributed by atoms with E-state index < -0.39 is 0 Å². The third-order valence-corrected chi connectivity index (χ3v) is 2.95. The molecule has 1 aromatic heterocycles. The van der Waals surface area contributed by atoms with Gasteiger partial charge in [0.05, 0.1) is 13.2 Å². The van der Waals surface area contributed by atoms with E-state index in [0.29, 0.717) is 23.5 Å². The Labute approximate surface area is 95.7 Å². The van der Waals surface area contributed by atoms with Crippen LogP contribution in [0.25, 0.3) is 0 Å². The van der Waals surface area contributed by atoms with Crippen LogP contribution < -0.4 is 16.4 Å². The molecule has 2 rings (SSSR count). The van der Waals surface area contributed by atoms with E-state index in [9.17, 15) is 0 Å². The minimum Gasteiger partial charge on any atom is -0.383 e. The van der Waals surface area contributed by atoms with Crippen molar-refractivity contribution in [1.29, 1.82) is 0 Å². The summed E-state index contributed by atoms with van der Waals surface area (Å²) in [7, 11) is 0. The van der Waals surface area contributed by atoms with Crippen LogP contribution in [0.3, 0.4) is 0 Å². The van der Waals surface area contributed by atoms with Crippen LogP contribution in [0.4, 0.5) is 17.6 Å². The Hall–Kier alpha value is -1.08. The van der Waals surface area contributed by atoms with Gasteiger partial charge in [-0.1, -0.05) is 0 Å². The molecule has 7 heteroatoms. The first kappa shape index (κ1) is 10.4. The molecule has 0 atom stereocenters. The Morgan fingerprint density at radius 2 is 1.87 bits per heavy atom. The van der Waals surface area contributed by atoms with Gasteiger partial charge in [-0.15, -0.1) is 0 Å². The van der Waals surface area contributed by atoms with Crippen molar-refractivity contribution in [3.05, 3.63) is 4.47 Å². The van der Waals surface area contributed by atoms with Gasteiger partial charge >= 0.3 is 0 Å². The Morgan fingerprint density at radius 1 is 1.20 bits per heavy atom. The van der Waals surface area contributed by atoms with E-state index in [1.807, 2.05) is 0 Å². The van der Waals surface area contributed by atoms with E-state index in [-0.39, 0.29) is 5.95 Å². The van der Waals surface area contributed by atoms with Crippen molar-refractivity contribution >= 4 is 33.5 Å². The summed E-state index contributed by atoms with van der Waals surface area (Å²) >= 11 is 3.36. The summed E-state index contributed by atoms with van der Waals surface area (Å²) in [4.78, 5) is 10.1. The maximum absolute atomic E-state index is 5.69. The lowest BCUT2D eigenvalue weighted by molar-refractivity contribution is 0.122. The molecule has 15 heavy (non-hydrogen) atoms. The molecule has 1 aliphatic rings. The molecule has 0 amide bonds. The highest BCUT2D eigenvalue weighted by Gasteiger charge is 2.18. The molecule has 0 unspecified atom stereocenters. The van der Waals surface area contributed by atoms with Gasteiger partial charge in [0.1, 0.15) is 10.3 Å². The Kier molecular flexibility index (Phi) is 2.92. The van der Waals surface area contributed by atoms with Gasteiger partial charge in [-0.05, 0) is 15.9 Å². The van der Waals surface area contributed by atoms with Gasteiger partial charge in [0.2, 0.25) is 5.95 Å². The molecule has 0 bridgehead atoms. The highest BCUT2D eigenvalue weighted by Crippen LogP contribution is 2.29. The summed E-state index contributed by atoms with van der Waals surface area (Å²) in [5.41, 5.74) is 11.2. The number of nitrogens with two attached hydrogens (primary N) is 2. The van der Waals surface area contributed by atoms with E-state index >= 15 is 0 Å². The van der Waals surface area contributed by atoms with Crippen LogP contribution >= 0.6 is 15.9 Å². The molecular weight excluding hydrogens is 262 g/mol. The van der Waals surface area contributed by atoms with Crippen LogP contribution in [-0.2, 0) is 4.74 Å². The Morgan fingerprint density at radius 3 is 2.53 bits per heavy atom. The molecule has 0 aliphatic carbocycles. The van der Waals surface area contributed by atoms with Crippen molar-refractivity contribution in [2.75, 3.05) is 42.7 Å². The summed E-state index contributed by atoms with van der Waals surface area (Å²) in [6.07, 6.45) is 0. The minimum absolute atomic E-state index is 0.192. The zero-order valence-corrected chi connectivity index (χ0v) is 9.70. The molecule has 0 saturated carbocycles. The zero-order chi connectivity index (χ0) is 10.8. The molecule has 0 radical (unpaired) electrons. The van der Waals surface area contributed by atoms with E-state index in [4.69, 9.17) is 16.2 Å². The summed E-state index contributed by atoms with van der Waals surface area (Å²) in [6.45, 7) is 2.95. The summed E-state index contributed by atoms with van der Waals surface area (Å²) in [5, 5.41) is 0. The third kappa shape index (κ3) is 2.13. The molecule has 1 fully saturated rings. The second-order valence-electron chi connectivity index (χ2n) is 3.20. The van der Waals surface area contributed by atoms with E-state index in [1.54, 1.807) is 0 Å². The highest BCUT2D eigenvalue weighted by molar-refractivity contribution is 9.10. The SMILES string of the molecule is Nc1nc(N)c(Br)c(N2CCOCC2)n1. The van der Waals surface area contributed by atoms with Crippen molar-refractivity contribution in [2.24, 2.45) is 0 Å². The summed E-state index contributed by atoms with van der Waals surface area (Å²) in [5.74, 6) is 1.30. The molecule has 1 aromatic rings. The predicted molar refractivity (Wildman–Crippen MR) is 61.6 cm³/mol. The van der Waals surface area contributed by atoms with Crippen molar-refractivity contribution < 1.29 is 4.74 Å². The van der Waals surface area contributed by atoms with Crippen LogP contribution in [-0.4, -0.2) is 36.3 Å². The van der Waals surface area contributed by atoms with Gasteiger partial charge in [-0.2, -0.15) is 9.97 Å². The number of ether oxygens (including phenoxy) is 1. The third-order valence-electron chi connectivity index (χ3n) is 2.19. The van der Waals surface area contributed by atoms with Crippen LogP contribution in [0, 0.1) is 0 Å². The molecule has 0 aromatic carbocycles. The van der Waals surface area contributed by atoms with Gasteiger partial charge in [-0.3, -0.25) is 0 Å². The lowest BCUT2D eigenvalue weighted by Crippen LogP contribution is -2.37. The molecule has 82 valence electrons. The predicted octanol–water partition coefficient (Wildman–Crippen LogP) is 0.240. The quantitative estimate of drug-likeness (QED) is 0.762. The Bertz CT molecular complexity index is 366. The highest BCUT2D eigenvalue weighted by atomic mass is 79.9. The molecular formula is C8H12BrN5O. The lowest BCUT2D eigenvalue weighted by Gasteiger charge is -2.28. The van der Waals surface area contributed by atoms with E-state index in [0.717, 1.165) is 18.9 Å². The van der Waals surface area contributed by atoms with Crippen molar-refractivity contribution in [2.45, 2.75) is 0 Å². The number of morpholine rings is 1. The van der Waals surface area contributed by atoms with E-state index in [1.165, 1.54) is 0 Å². The van der Waals surface area contributed by atoms with Gasteiger partial charge in [0.25, 0.3) is 0 Å². The van der Waals surface area contributed by atoms with Crippen LogP contribution in [0.5, 0.6) is 0 Å². The van der Waals surface area contributed by atoms with Crippen molar-refractivity contribution in [3.63, 3.8) is 0 Å². The average Bonchev–Trinajstić information content (AvgIpc) is 2.24. The Balaban J connectivity index is 2.33. The summed E-state index contributed by atoms with van der Waals surface area (Å²) < 4.78 is 5.95. The molecule has 1 saturated heterocycles. The van der Waals surface area contributed by atoms with Gasteiger partial charge < -0.3 is 21.1 Å².